The summed E-state index contributed by atoms with van der Waals surface area (Å²) in [5.74, 6) is -2.31. The van der Waals surface area contributed by atoms with Gasteiger partial charge in [-0.1, -0.05) is 54.6 Å². The van der Waals surface area contributed by atoms with Gasteiger partial charge in [-0.25, -0.2) is 4.79 Å². The highest BCUT2D eigenvalue weighted by atomic mass is 32.2. The number of hydrogen-bond acceptors (Lipinski definition) is 7. The first-order chi connectivity index (χ1) is 19.5. The molecule has 0 bridgehead atoms. The summed E-state index contributed by atoms with van der Waals surface area (Å²) in [6.45, 7) is 0.237. The van der Waals surface area contributed by atoms with Crippen LogP contribution in [0, 0.1) is 5.41 Å². The van der Waals surface area contributed by atoms with Gasteiger partial charge in [-0.05, 0) is 59.2 Å². The van der Waals surface area contributed by atoms with Gasteiger partial charge in [-0.15, -0.1) is 0 Å². The zero-order chi connectivity index (χ0) is 29.6. The molecule has 0 aromatic heterocycles. The molecule has 5 N–H and O–H groups in total. The van der Waals surface area contributed by atoms with Gasteiger partial charge in [0.2, 0.25) is 0 Å². The van der Waals surface area contributed by atoms with Crippen LogP contribution in [0.1, 0.15) is 42.2 Å². The fourth-order valence-corrected chi connectivity index (χ4v) is 4.36. The van der Waals surface area contributed by atoms with Gasteiger partial charge in [0.1, 0.15) is 5.84 Å². The van der Waals surface area contributed by atoms with Crippen LogP contribution in [0.15, 0.2) is 97.1 Å². The maximum atomic E-state index is 13.3. The van der Waals surface area contributed by atoms with Crippen molar-refractivity contribution in [1.82, 2.24) is 5.32 Å². The van der Waals surface area contributed by atoms with Crippen molar-refractivity contribution in [2.75, 3.05) is 11.6 Å². The van der Waals surface area contributed by atoms with E-state index in [9.17, 15) is 22.8 Å². The van der Waals surface area contributed by atoms with E-state index in [-0.39, 0.29) is 34.6 Å². The summed E-state index contributed by atoms with van der Waals surface area (Å²) in [4.78, 5) is 39.2. The molecule has 0 fully saturated rings. The summed E-state index contributed by atoms with van der Waals surface area (Å²) in [5.41, 5.74) is 7.84. The molecule has 0 unspecified atom stereocenters. The molecule has 0 atom stereocenters. The first kappa shape index (κ1) is 28.7. The van der Waals surface area contributed by atoms with Crippen molar-refractivity contribution < 1.29 is 27.0 Å². The minimum Gasteiger partial charge on any atom is -0.384 e. The lowest BCUT2D eigenvalue weighted by Crippen LogP contribution is -2.23. The molecule has 0 aliphatic heterocycles. The molecule has 0 saturated heterocycles. The van der Waals surface area contributed by atoms with Crippen LogP contribution in [0.3, 0.4) is 0 Å². The van der Waals surface area contributed by atoms with Crippen molar-refractivity contribution in [3.63, 3.8) is 0 Å². The van der Waals surface area contributed by atoms with Crippen LogP contribution >= 0.6 is 0 Å². The van der Waals surface area contributed by atoms with E-state index in [2.05, 4.69) is 14.8 Å². The van der Waals surface area contributed by atoms with Crippen molar-refractivity contribution in [3.8, 4) is 11.1 Å². The third-order valence-corrected chi connectivity index (χ3v) is 6.39. The Bertz CT molecular complexity index is 1740. The van der Waals surface area contributed by atoms with Crippen molar-refractivity contribution in [2.24, 2.45) is 5.73 Å². The molecule has 41 heavy (non-hydrogen) atoms. The van der Waals surface area contributed by atoms with Crippen molar-refractivity contribution in [1.29, 1.82) is 5.41 Å². The van der Waals surface area contributed by atoms with Gasteiger partial charge in [0.15, 0.2) is 0 Å². The molecule has 4 aromatic carbocycles. The van der Waals surface area contributed by atoms with Gasteiger partial charge >= 0.3 is 16.1 Å². The highest BCUT2D eigenvalue weighted by Gasteiger charge is 2.23. The van der Waals surface area contributed by atoms with E-state index in [0.717, 1.165) is 11.8 Å². The molecule has 0 saturated carbocycles. The lowest BCUT2D eigenvalue weighted by atomic mass is 9.93. The summed E-state index contributed by atoms with van der Waals surface area (Å²) in [7, 11) is -4.18. The minimum atomic E-state index is -4.18. The van der Waals surface area contributed by atoms with E-state index >= 15 is 0 Å². The first-order valence-electron chi connectivity index (χ1n) is 12.3. The van der Waals surface area contributed by atoms with E-state index < -0.39 is 27.9 Å². The minimum absolute atomic E-state index is 0.0950. The molecule has 10 nitrogen and oxygen atoms in total. The first-order valence-corrected chi connectivity index (χ1v) is 14.1. The molecule has 0 radical (unpaired) electrons. The van der Waals surface area contributed by atoms with E-state index in [1.165, 1.54) is 18.2 Å². The Kier molecular flexibility index (Phi) is 8.59. The molecule has 0 heterocycles. The van der Waals surface area contributed by atoms with Crippen LogP contribution in [0.5, 0.6) is 0 Å². The number of anilines is 1. The van der Waals surface area contributed by atoms with Crippen LogP contribution in [0.4, 0.5) is 5.69 Å². The molecule has 0 aliphatic carbocycles. The third kappa shape index (κ3) is 7.43. The van der Waals surface area contributed by atoms with Crippen molar-refractivity contribution >= 4 is 39.4 Å². The summed E-state index contributed by atoms with van der Waals surface area (Å²) >= 11 is 0. The van der Waals surface area contributed by atoms with Gasteiger partial charge in [0.25, 0.3) is 11.8 Å². The fraction of sp³-hybridized carbons (Fsp3) is 0.0667. The molecular formula is C30H26N4O6S. The number of benzene rings is 4. The van der Waals surface area contributed by atoms with Crippen molar-refractivity contribution in [3.05, 3.63) is 125 Å². The molecule has 208 valence electrons. The highest BCUT2D eigenvalue weighted by molar-refractivity contribution is 7.86. The maximum Gasteiger partial charge on any atom is 0.354 e. The Labute approximate surface area is 236 Å². The SMILES string of the molecule is CS(=O)(=O)OC(=O)c1cc(C(=O)NCc2ccccc2)ccc1-c1ccccc1C(=O)Nc1ccc(C(=N)N)cc1. The standard InChI is InChI=1S/C30H26N4O6S/c1-41(38,39)40-30(37)26-17-21(28(35)33-18-19-7-3-2-4-8-19)13-16-24(26)23-9-5-6-10-25(23)29(36)34-22-14-11-20(12-15-22)27(31)32/h2-17H,18H2,1H3,(H3,31,32)(H,33,35)(H,34,36). The Balaban J connectivity index is 1.69. The van der Waals surface area contributed by atoms with E-state index in [1.807, 2.05) is 30.3 Å². The number of hydrogen-bond donors (Lipinski definition) is 4. The number of nitrogens with two attached hydrogens (primary N) is 1. The average molecular weight is 571 g/mol. The largest absolute Gasteiger partial charge is 0.384 e. The second kappa shape index (κ2) is 12.3. The Morgan fingerprint density at radius 3 is 2.05 bits per heavy atom. The van der Waals surface area contributed by atoms with Gasteiger partial charge in [0, 0.05) is 28.9 Å². The zero-order valence-electron chi connectivity index (χ0n) is 21.9. The van der Waals surface area contributed by atoms with Gasteiger partial charge in [-0.3, -0.25) is 15.0 Å². The molecule has 11 heteroatoms. The van der Waals surface area contributed by atoms with Crippen LogP contribution in [-0.4, -0.2) is 38.3 Å². The smallest absolute Gasteiger partial charge is 0.354 e. The molecule has 4 rings (SSSR count). The number of carbonyl (C=O) groups is 3. The molecule has 2 amide bonds. The molecular weight excluding hydrogens is 544 g/mol. The Morgan fingerprint density at radius 2 is 1.39 bits per heavy atom. The average Bonchev–Trinajstić information content (AvgIpc) is 2.95. The summed E-state index contributed by atoms with van der Waals surface area (Å²) in [6, 6.07) is 26.2. The third-order valence-electron chi connectivity index (χ3n) is 5.94. The summed E-state index contributed by atoms with van der Waals surface area (Å²) < 4.78 is 28.2. The lowest BCUT2D eigenvalue weighted by molar-refractivity contribution is 0.0748. The normalized spacial score (nSPS) is 10.9. The topological polar surface area (TPSA) is 169 Å². The Morgan fingerprint density at radius 1 is 0.780 bits per heavy atom. The molecule has 0 aliphatic rings. The monoisotopic (exact) mass is 570 g/mol. The van der Waals surface area contributed by atoms with Gasteiger partial charge < -0.3 is 20.6 Å². The van der Waals surface area contributed by atoms with Gasteiger partial charge in [-0.2, -0.15) is 8.42 Å². The second-order valence-electron chi connectivity index (χ2n) is 8.99. The predicted octanol–water partition coefficient (Wildman–Crippen LogP) is 3.94. The van der Waals surface area contributed by atoms with E-state index in [4.69, 9.17) is 11.1 Å². The summed E-state index contributed by atoms with van der Waals surface area (Å²) in [5, 5.41) is 13.0. The number of amides is 2. The number of nitrogen functional groups attached to an aromatic ring is 1. The number of nitrogens with one attached hydrogen (secondary N) is 3. The van der Waals surface area contributed by atoms with Gasteiger partial charge in [0.05, 0.1) is 11.8 Å². The number of amidine groups is 1. The van der Waals surface area contributed by atoms with Crippen LogP contribution in [0.25, 0.3) is 11.1 Å². The van der Waals surface area contributed by atoms with E-state index in [1.54, 1.807) is 48.5 Å². The maximum absolute atomic E-state index is 13.3. The predicted molar refractivity (Wildman–Crippen MR) is 155 cm³/mol. The second-order valence-corrected chi connectivity index (χ2v) is 10.6. The quantitative estimate of drug-likeness (QED) is 0.134. The number of rotatable bonds is 9. The van der Waals surface area contributed by atoms with Crippen LogP contribution in [-0.2, 0) is 20.8 Å². The highest BCUT2D eigenvalue weighted by Crippen LogP contribution is 2.30. The van der Waals surface area contributed by atoms with E-state index in [0.29, 0.717) is 16.8 Å². The molecule has 4 aromatic rings. The Hall–Kier alpha value is -5.29. The van der Waals surface area contributed by atoms with Crippen LogP contribution in [0.2, 0.25) is 0 Å². The molecule has 0 spiro atoms. The van der Waals surface area contributed by atoms with Crippen molar-refractivity contribution in [2.45, 2.75) is 6.54 Å². The number of carbonyl (C=O) groups excluding carboxylic acids is 3. The fourth-order valence-electron chi connectivity index (χ4n) is 4.00. The zero-order valence-corrected chi connectivity index (χ0v) is 22.7. The van der Waals surface area contributed by atoms with Crippen LogP contribution < -0.4 is 16.4 Å². The lowest BCUT2D eigenvalue weighted by Gasteiger charge is -2.15. The summed E-state index contributed by atoms with van der Waals surface area (Å²) in [6.07, 6.45) is 0.736.